The van der Waals surface area contributed by atoms with Crippen LogP contribution in [0, 0.1) is 29.2 Å². The van der Waals surface area contributed by atoms with Gasteiger partial charge in [0.25, 0.3) is 0 Å². The Morgan fingerprint density at radius 2 is 1.47 bits per heavy atom. The lowest BCUT2D eigenvalue weighted by Gasteiger charge is -2.27. The minimum atomic E-state index is -1.02. The van der Waals surface area contributed by atoms with Gasteiger partial charge in [-0.15, -0.1) is 0 Å². The Hall–Kier alpha value is -3.08. The van der Waals surface area contributed by atoms with Gasteiger partial charge >= 0.3 is 0 Å². The largest absolute Gasteiger partial charge is 0.491 e. The second-order valence-electron chi connectivity index (χ2n) is 8.96. The predicted molar refractivity (Wildman–Crippen MR) is 129 cm³/mol. The average molecular weight is 469 g/mol. The molecule has 0 atom stereocenters. The van der Waals surface area contributed by atoms with E-state index in [1.807, 2.05) is 0 Å². The van der Waals surface area contributed by atoms with E-state index in [0.717, 1.165) is 25.7 Å². The zero-order valence-electron chi connectivity index (χ0n) is 19.4. The molecule has 1 aliphatic carbocycles. The molecule has 1 aliphatic rings. The summed E-state index contributed by atoms with van der Waals surface area (Å²) in [5.74, 6) is -3.01. The Kier molecular flexibility index (Phi) is 7.40. The molecule has 0 radical (unpaired) electrons. The predicted octanol–water partition coefficient (Wildman–Crippen LogP) is 8.77. The van der Waals surface area contributed by atoms with Gasteiger partial charge in [0.2, 0.25) is 5.82 Å². The minimum absolute atomic E-state index is 0.0695. The zero-order valence-corrected chi connectivity index (χ0v) is 19.4. The summed E-state index contributed by atoms with van der Waals surface area (Å²) in [6.45, 7) is 4.13. The van der Waals surface area contributed by atoms with Crippen LogP contribution in [-0.4, -0.2) is 6.61 Å². The molecular weight excluding hydrogens is 440 g/mol. The molecule has 34 heavy (non-hydrogen) atoms. The van der Waals surface area contributed by atoms with Gasteiger partial charge in [-0.1, -0.05) is 68.3 Å². The van der Waals surface area contributed by atoms with Crippen molar-refractivity contribution >= 4 is 12.2 Å². The number of hydrogen-bond acceptors (Lipinski definition) is 1. The Bertz CT molecular complexity index is 1180. The summed E-state index contributed by atoms with van der Waals surface area (Å²) in [6.07, 6.45) is 6.94. The first-order valence-electron chi connectivity index (χ1n) is 11.8. The van der Waals surface area contributed by atoms with E-state index in [0.29, 0.717) is 22.6 Å². The van der Waals surface area contributed by atoms with Crippen LogP contribution in [0.1, 0.15) is 62.1 Å². The molecule has 0 unspecified atom stereocenters. The van der Waals surface area contributed by atoms with Gasteiger partial charge in [-0.05, 0) is 60.4 Å². The second-order valence-corrected chi connectivity index (χ2v) is 8.96. The van der Waals surface area contributed by atoms with E-state index in [2.05, 4.69) is 6.92 Å². The lowest BCUT2D eigenvalue weighted by atomic mass is 9.79. The van der Waals surface area contributed by atoms with Crippen molar-refractivity contribution in [1.82, 2.24) is 0 Å². The highest BCUT2D eigenvalue weighted by Gasteiger charge is 2.25. The van der Waals surface area contributed by atoms with Crippen LogP contribution >= 0.6 is 0 Å². The topological polar surface area (TPSA) is 9.23 Å². The third kappa shape index (κ3) is 5.03. The third-order valence-electron chi connectivity index (χ3n) is 6.62. The molecule has 0 bridgehead atoms. The van der Waals surface area contributed by atoms with Gasteiger partial charge in [0, 0.05) is 11.1 Å². The van der Waals surface area contributed by atoms with Crippen molar-refractivity contribution in [2.75, 3.05) is 6.61 Å². The molecule has 0 N–H and O–H groups in total. The van der Waals surface area contributed by atoms with Gasteiger partial charge in [0.05, 0.1) is 6.61 Å². The van der Waals surface area contributed by atoms with E-state index < -0.39 is 23.3 Å². The fourth-order valence-corrected chi connectivity index (χ4v) is 4.58. The summed E-state index contributed by atoms with van der Waals surface area (Å²) in [5.41, 5.74) is 2.03. The van der Waals surface area contributed by atoms with Gasteiger partial charge in [0.1, 0.15) is 0 Å². The lowest BCUT2D eigenvalue weighted by molar-refractivity contribution is 0.314. The van der Waals surface area contributed by atoms with Crippen molar-refractivity contribution in [3.8, 4) is 16.9 Å². The van der Waals surface area contributed by atoms with E-state index in [-0.39, 0.29) is 29.4 Å². The van der Waals surface area contributed by atoms with Crippen LogP contribution in [0.5, 0.6) is 5.75 Å². The fourth-order valence-electron chi connectivity index (χ4n) is 4.58. The Balaban J connectivity index is 1.52. The molecule has 3 aromatic carbocycles. The van der Waals surface area contributed by atoms with E-state index in [9.17, 15) is 17.6 Å². The van der Waals surface area contributed by atoms with Gasteiger partial charge in [-0.25, -0.2) is 13.2 Å². The van der Waals surface area contributed by atoms with E-state index in [1.165, 1.54) is 18.2 Å². The molecule has 4 rings (SSSR count). The molecule has 0 aromatic heterocycles. The molecule has 1 fully saturated rings. The molecule has 0 heterocycles. The molecule has 0 saturated heterocycles. The van der Waals surface area contributed by atoms with Gasteiger partial charge < -0.3 is 4.74 Å². The summed E-state index contributed by atoms with van der Waals surface area (Å²) >= 11 is 0. The molecule has 1 saturated carbocycles. The first-order chi connectivity index (χ1) is 16.4. The smallest absolute Gasteiger partial charge is 0.201 e. The molecule has 1 nitrogen and oxygen atoms in total. The zero-order chi connectivity index (χ0) is 24.2. The highest BCUT2D eigenvalue weighted by molar-refractivity contribution is 5.73. The standard InChI is InChI=1S/C29H28F4O/c1-3-34-25-17-14-22(26(30)29(25)33)13-8-19-6-11-21(12-7-19)24-16-15-23(27(31)28(24)32)20-9-4-18(2)5-10-20/h6-8,11-18,20H,3-5,9-10H2,1-2H3/b13-8+. The van der Waals surface area contributed by atoms with Crippen LogP contribution < -0.4 is 4.74 Å². The Morgan fingerprint density at radius 3 is 2.15 bits per heavy atom. The van der Waals surface area contributed by atoms with Crippen molar-refractivity contribution in [1.29, 1.82) is 0 Å². The Labute approximate surface area is 198 Å². The van der Waals surface area contributed by atoms with Crippen LogP contribution in [0.15, 0.2) is 48.5 Å². The third-order valence-corrected chi connectivity index (χ3v) is 6.62. The van der Waals surface area contributed by atoms with Crippen LogP contribution in [0.25, 0.3) is 23.3 Å². The normalized spacial score (nSPS) is 18.4. The second kappa shape index (κ2) is 10.5. The van der Waals surface area contributed by atoms with Crippen LogP contribution in [-0.2, 0) is 0 Å². The summed E-state index contributed by atoms with van der Waals surface area (Å²) in [5, 5.41) is 0. The monoisotopic (exact) mass is 468 g/mol. The van der Waals surface area contributed by atoms with E-state index in [1.54, 1.807) is 49.4 Å². The van der Waals surface area contributed by atoms with Crippen LogP contribution in [0.3, 0.4) is 0 Å². The summed E-state index contributed by atoms with van der Waals surface area (Å²) in [7, 11) is 0. The van der Waals surface area contributed by atoms with Crippen LogP contribution in [0.4, 0.5) is 17.6 Å². The first-order valence-corrected chi connectivity index (χ1v) is 11.8. The number of halogens is 4. The molecule has 3 aromatic rings. The van der Waals surface area contributed by atoms with Crippen molar-refractivity contribution in [2.24, 2.45) is 5.92 Å². The quantitative estimate of drug-likeness (QED) is 0.259. The van der Waals surface area contributed by atoms with Gasteiger partial charge in [0.15, 0.2) is 23.2 Å². The van der Waals surface area contributed by atoms with Crippen LogP contribution in [0.2, 0.25) is 0 Å². The van der Waals surface area contributed by atoms with Crippen molar-refractivity contribution in [2.45, 2.75) is 45.4 Å². The maximum Gasteiger partial charge on any atom is 0.201 e. The summed E-state index contributed by atoms with van der Waals surface area (Å²) in [4.78, 5) is 0. The number of ether oxygens (including phenoxy) is 1. The SMILES string of the molecule is CCOc1ccc(/C=C/c2ccc(-c3ccc(C4CCC(C)CC4)c(F)c3F)cc2)c(F)c1F. The molecule has 0 amide bonds. The van der Waals surface area contributed by atoms with Crippen molar-refractivity contribution in [3.63, 3.8) is 0 Å². The number of hydrogen-bond donors (Lipinski definition) is 0. The van der Waals surface area contributed by atoms with Crippen molar-refractivity contribution in [3.05, 3.63) is 88.5 Å². The van der Waals surface area contributed by atoms with E-state index >= 15 is 0 Å². The molecule has 0 spiro atoms. The first kappa shape index (κ1) is 24.1. The van der Waals surface area contributed by atoms with Crippen molar-refractivity contribution < 1.29 is 22.3 Å². The summed E-state index contributed by atoms with van der Waals surface area (Å²) in [6, 6.07) is 13.0. The lowest BCUT2D eigenvalue weighted by Crippen LogP contribution is -2.13. The van der Waals surface area contributed by atoms with Gasteiger partial charge in [-0.2, -0.15) is 4.39 Å². The Morgan fingerprint density at radius 1 is 0.765 bits per heavy atom. The summed E-state index contributed by atoms with van der Waals surface area (Å²) < 4.78 is 63.2. The molecule has 5 heteroatoms. The highest BCUT2D eigenvalue weighted by Crippen LogP contribution is 2.38. The number of rotatable bonds is 6. The number of benzene rings is 3. The fraction of sp³-hybridized carbons (Fsp3) is 0.310. The molecular formula is C29H28F4O. The maximum absolute atomic E-state index is 14.9. The highest BCUT2D eigenvalue weighted by atomic mass is 19.2. The maximum atomic E-state index is 14.9. The average Bonchev–Trinajstić information content (AvgIpc) is 2.84. The molecule has 0 aliphatic heterocycles. The molecule has 178 valence electrons. The minimum Gasteiger partial charge on any atom is -0.491 e. The van der Waals surface area contributed by atoms with Gasteiger partial charge in [-0.3, -0.25) is 0 Å². The van der Waals surface area contributed by atoms with E-state index in [4.69, 9.17) is 4.74 Å².